The largest absolute Gasteiger partial charge is 0.358 e. The molecule has 0 amide bonds. The van der Waals surface area contributed by atoms with Crippen LogP contribution in [0.1, 0.15) is 0 Å². The highest BCUT2D eigenvalue weighted by atomic mass is 31.2. The molecule has 0 heterocycles. The molecular formula is CH4FO3P. The minimum absolute atomic E-state index is 0.757. The Morgan fingerprint density at radius 1 is 2.00 bits per heavy atom. The highest BCUT2D eigenvalue weighted by Crippen LogP contribution is 2.36. The molecule has 0 aromatic heterocycles. The monoisotopic (exact) mass is 114 g/mol. The Hall–Kier alpha value is 0.0800. The Morgan fingerprint density at radius 3 is 2.17 bits per heavy atom. The van der Waals surface area contributed by atoms with E-state index in [-0.39, 0.29) is 0 Å². The van der Waals surface area contributed by atoms with E-state index in [1.807, 2.05) is 0 Å². The Kier molecular flexibility index (Phi) is 1.71. The number of rotatable bonds is 1. The lowest BCUT2D eigenvalue weighted by Crippen LogP contribution is -1.70. The molecule has 0 fully saturated rings. The van der Waals surface area contributed by atoms with Crippen LogP contribution in [0.25, 0.3) is 0 Å². The van der Waals surface area contributed by atoms with E-state index in [1.165, 1.54) is 0 Å². The molecule has 0 aliphatic carbocycles. The molecule has 0 saturated carbocycles. The van der Waals surface area contributed by atoms with Crippen LogP contribution in [-0.4, -0.2) is 11.6 Å². The summed E-state index contributed by atoms with van der Waals surface area (Å²) in [4.78, 5) is 7.78. The predicted molar refractivity (Wildman–Crippen MR) is 17.9 cm³/mol. The maximum atomic E-state index is 10.5. The first kappa shape index (κ1) is 6.08. The molecule has 1 atom stereocenters. The molecule has 0 rings (SSSR count). The summed E-state index contributed by atoms with van der Waals surface area (Å²) in [6.45, 7) is 0.757. The molecule has 0 aliphatic rings. The van der Waals surface area contributed by atoms with Crippen LogP contribution in [0.15, 0.2) is 0 Å². The number of hydrogen-bond acceptors (Lipinski definition) is 2. The fourth-order valence-electron chi connectivity index (χ4n) is 0. The van der Waals surface area contributed by atoms with E-state index in [2.05, 4.69) is 4.73 Å². The van der Waals surface area contributed by atoms with Crippen molar-refractivity contribution in [1.29, 1.82) is 0 Å². The minimum Gasteiger partial charge on any atom is -0.323 e. The van der Waals surface area contributed by atoms with Gasteiger partial charge in [0.05, 0.1) is 0 Å². The van der Waals surface area contributed by atoms with Crippen LogP contribution in [0.3, 0.4) is 0 Å². The van der Waals surface area contributed by atoms with Crippen molar-refractivity contribution < 1.29 is 18.7 Å². The van der Waals surface area contributed by atoms with Crippen molar-refractivity contribution >= 4 is 7.60 Å². The van der Waals surface area contributed by atoms with Crippen LogP contribution in [0.5, 0.6) is 0 Å². The maximum absolute atomic E-state index is 10.5. The molecule has 0 saturated heterocycles. The van der Waals surface area contributed by atoms with E-state index in [9.17, 15) is 9.09 Å². The maximum Gasteiger partial charge on any atom is 0.358 e. The zero-order valence-electron chi connectivity index (χ0n) is 3.09. The standard InChI is InChI=1S/CH4FO3P/c1-6(3,4)5-2/h1H3,(H,3,4). The molecule has 38 valence electrons. The molecule has 0 aromatic carbocycles. The lowest BCUT2D eigenvalue weighted by Gasteiger charge is -1.90. The summed E-state index contributed by atoms with van der Waals surface area (Å²) < 4.78 is 22.6. The van der Waals surface area contributed by atoms with E-state index < -0.39 is 7.60 Å². The second kappa shape index (κ2) is 1.69. The van der Waals surface area contributed by atoms with Gasteiger partial charge < -0.3 is 4.89 Å². The molecule has 5 heteroatoms. The average Bonchev–Trinajstić information content (AvgIpc) is 1.35. The van der Waals surface area contributed by atoms with Gasteiger partial charge in [-0.3, -0.25) is 4.57 Å². The third kappa shape index (κ3) is 4.08. The molecule has 0 spiro atoms. The predicted octanol–water partition coefficient (Wildman–Crippen LogP) is 0.703. The van der Waals surface area contributed by atoms with Crippen LogP contribution < -0.4 is 0 Å². The van der Waals surface area contributed by atoms with Crippen molar-refractivity contribution in [2.24, 2.45) is 0 Å². The summed E-state index contributed by atoms with van der Waals surface area (Å²) in [6, 6.07) is 0. The lowest BCUT2D eigenvalue weighted by atomic mass is 12.0. The second-order valence-electron chi connectivity index (χ2n) is 0.872. The van der Waals surface area contributed by atoms with Crippen molar-refractivity contribution in [3.63, 3.8) is 0 Å². The fraction of sp³-hybridized carbons (Fsp3) is 1.00. The Morgan fingerprint density at radius 2 is 2.17 bits per heavy atom. The molecule has 0 aliphatic heterocycles. The smallest absolute Gasteiger partial charge is 0.323 e. The van der Waals surface area contributed by atoms with Crippen molar-refractivity contribution in [3.8, 4) is 0 Å². The third-order valence-electron chi connectivity index (χ3n) is 0.128. The summed E-state index contributed by atoms with van der Waals surface area (Å²) in [5.41, 5.74) is 0. The van der Waals surface area contributed by atoms with Gasteiger partial charge in [0, 0.05) is 6.66 Å². The molecule has 1 N–H and O–H groups in total. The van der Waals surface area contributed by atoms with E-state index in [0.29, 0.717) is 0 Å². The van der Waals surface area contributed by atoms with Crippen molar-refractivity contribution in [1.82, 2.24) is 0 Å². The first-order valence-corrected chi connectivity index (χ1v) is 3.19. The fourth-order valence-corrected chi connectivity index (χ4v) is 0. The normalized spacial score (nSPS) is 19.8. The zero-order chi connectivity index (χ0) is 5.21. The minimum atomic E-state index is -3.81. The van der Waals surface area contributed by atoms with Crippen LogP contribution in [0, 0.1) is 0 Å². The molecular weight excluding hydrogens is 110 g/mol. The second-order valence-corrected chi connectivity index (χ2v) is 2.62. The Bertz CT molecular complexity index is 74.9. The van der Waals surface area contributed by atoms with Gasteiger partial charge in [-0.05, 0) is 4.53 Å². The highest BCUT2D eigenvalue weighted by Gasteiger charge is 2.07. The van der Waals surface area contributed by atoms with Gasteiger partial charge in [-0.25, -0.2) is 0 Å². The Balaban J connectivity index is 3.48. The number of hydrogen-bond donors (Lipinski definition) is 1. The molecule has 3 nitrogen and oxygen atoms in total. The highest BCUT2D eigenvalue weighted by molar-refractivity contribution is 7.51. The third-order valence-corrected chi connectivity index (χ3v) is 0.384. The lowest BCUT2D eigenvalue weighted by molar-refractivity contribution is -0.0170. The van der Waals surface area contributed by atoms with Gasteiger partial charge in [0.1, 0.15) is 0 Å². The summed E-state index contributed by atoms with van der Waals surface area (Å²) in [5.74, 6) is 0. The first-order valence-electron chi connectivity index (χ1n) is 1.17. The van der Waals surface area contributed by atoms with E-state index >= 15 is 0 Å². The molecule has 0 aromatic rings. The van der Waals surface area contributed by atoms with E-state index in [4.69, 9.17) is 4.89 Å². The van der Waals surface area contributed by atoms with E-state index in [0.717, 1.165) is 6.66 Å². The Labute approximate surface area is 34.2 Å². The SMILES string of the molecule is CP(=O)(O)OF. The van der Waals surface area contributed by atoms with Crippen molar-refractivity contribution in [2.45, 2.75) is 0 Å². The summed E-state index contributed by atoms with van der Waals surface area (Å²) >= 11 is 0. The molecule has 1 unspecified atom stereocenters. The first-order chi connectivity index (χ1) is 2.56. The van der Waals surface area contributed by atoms with Gasteiger partial charge in [0.25, 0.3) is 0 Å². The van der Waals surface area contributed by atoms with Crippen LogP contribution >= 0.6 is 7.60 Å². The summed E-state index contributed by atoms with van der Waals surface area (Å²) in [5, 5.41) is 0. The van der Waals surface area contributed by atoms with Crippen LogP contribution in [-0.2, 0) is 9.29 Å². The van der Waals surface area contributed by atoms with Gasteiger partial charge in [-0.2, -0.15) is 0 Å². The van der Waals surface area contributed by atoms with Crippen molar-refractivity contribution in [2.75, 3.05) is 6.66 Å². The van der Waals surface area contributed by atoms with Crippen LogP contribution in [0.4, 0.5) is 4.53 Å². The van der Waals surface area contributed by atoms with E-state index in [1.54, 1.807) is 0 Å². The van der Waals surface area contributed by atoms with Gasteiger partial charge >= 0.3 is 7.60 Å². The molecule has 6 heavy (non-hydrogen) atoms. The molecule has 0 bridgehead atoms. The van der Waals surface area contributed by atoms with Gasteiger partial charge in [-0.15, -0.1) is 4.73 Å². The number of halogens is 1. The molecule has 0 radical (unpaired) electrons. The average molecular weight is 114 g/mol. The summed E-state index contributed by atoms with van der Waals surface area (Å²) in [6.07, 6.45) is 0. The quantitative estimate of drug-likeness (QED) is 0.510. The van der Waals surface area contributed by atoms with Gasteiger partial charge in [-0.1, -0.05) is 0 Å². The zero-order valence-corrected chi connectivity index (χ0v) is 3.98. The topological polar surface area (TPSA) is 46.5 Å². The summed E-state index contributed by atoms with van der Waals surface area (Å²) in [7, 11) is -3.81. The van der Waals surface area contributed by atoms with Crippen molar-refractivity contribution in [3.05, 3.63) is 0 Å². The van der Waals surface area contributed by atoms with Gasteiger partial charge in [0.2, 0.25) is 0 Å². The van der Waals surface area contributed by atoms with Gasteiger partial charge in [0.15, 0.2) is 0 Å². The van der Waals surface area contributed by atoms with Crippen LogP contribution in [0.2, 0.25) is 0 Å².